The molecule has 3 rings (SSSR count). The van der Waals surface area contributed by atoms with E-state index in [-0.39, 0.29) is 16.7 Å². The third kappa shape index (κ3) is 5.17. The van der Waals surface area contributed by atoms with Crippen LogP contribution in [-0.4, -0.2) is 60.9 Å². The number of methoxy groups -OCH3 is 1. The van der Waals surface area contributed by atoms with Crippen molar-refractivity contribution in [2.24, 2.45) is 0 Å². The molecule has 1 amide bonds. The summed E-state index contributed by atoms with van der Waals surface area (Å²) in [7, 11) is 5.54. The summed E-state index contributed by atoms with van der Waals surface area (Å²) in [5, 5.41) is 11.3. The van der Waals surface area contributed by atoms with Gasteiger partial charge in [0.1, 0.15) is 11.5 Å². The second-order valence-corrected chi connectivity index (χ2v) is 10.2. The zero-order chi connectivity index (χ0) is 25.2. The molecule has 0 aliphatic carbocycles. The highest BCUT2D eigenvalue weighted by Crippen LogP contribution is 2.40. The van der Waals surface area contributed by atoms with E-state index in [4.69, 9.17) is 4.74 Å². The molecule has 0 saturated carbocycles. The quantitative estimate of drug-likeness (QED) is 0.366. The van der Waals surface area contributed by atoms with Crippen molar-refractivity contribution in [2.45, 2.75) is 45.6 Å². The molecule has 0 spiro atoms. The molecule has 182 valence electrons. The number of amides is 1. The average Bonchev–Trinajstić information content (AvgIpc) is 3.02. The number of rotatable bonds is 7. The lowest BCUT2D eigenvalue weighted by molar-refractivity contribution is -0.139. The number of ether oxygens (including phenoxy) is 1. The number of hydrogen-bond acceptors (Lipinski definition) is 5. The van der Waals surface area contributed by atoms with Crippen LogP contribution >= 0.6 is 0 Å². The van der Waals surface area contributed by atoms with Crippen LogP contribution < -0.4 is 4.74 Å². The van der Waals surface area contributed by atoms with Crippen molar-refractivity contribution in [3.8, 4) is 5.75 Å². The summed E-state index contributed by atoms with van der Waals surface area (Å²) in [6.45, 7) is 9.51. The van der Waals surface area contributed by atoms with Crippen molar-refractivity contribution < 1.29 is 19.4 Å². The van der Waals surface area contributed by atoms with Crippen LogP contribution in [0, 0.1) is 6.92 Å². The largest absolute Gasteiger partial charge is 0.507 e. The van der Waals surface area contributed by atoms with Gasteiger partial charge in [-0.15, -0.1) is 0 Å². The van der Waals surface area contributed by atoms with Crippen LogP contribution in [0.2, 0.25) is 0 Å². The highest BCUT2D eigenvalue weighted by molar-refractivity contribution is 6.46. The van der Waals surface area contributed by atoms with Crippen LogP contribution in [-0.2, 0) is 15.0 Å². The molecule has 1 saturated heterocycles. The minimum Gasteiger partial charge on any atom is -0.507 e. The van der Waals surface area contributed by atoms with Gasteiger partial charge in [0.05, 0.1) is 18.7 Å². The van der Waals surface area contributed by atoms with Crippen LogP contribution in [0.5, 0.6) is 5.75 Å². The van der Waals surface area contributed by atoms with Gasteiger partial charge in [0.15, 0.2) is 0 Å². The van der Waals surface area contributed by atoms with E-state index in [9.17, 15) is 14.7 Å². The average molecular weight is 465 g/mol. The summed E-state index contributed by atoms with van der Waals surface area (Å²) < 4.78 is 5.32. The first-order chi connectivity index (χ1) is 16.0. The van der Waals surface area contributed by atoms with E-state index in [1.165, 1.54) is 0 Å². The Hall–Kier alpha value is -3.12. The van der Waals surface area contributed by atoms with Crippen LogP contribution in [0.1, 0.15) is 55.5 Å². The van der Waals surface area contributed by atoms with Crippen molar-refractivity contribution in [1.29, 1.82) is 0 Å². The Morgan fingerprint density at radius 1 is 1.09 bits per heavy atom. The molecule has 1 N–H and O–H groups in total. The van der Waals surface area contributed by atoms with E-state index >= 15 is 0 Å². The van der Waals surface area contributed by atoms with Gasteiger partial charge in [-0.25, -0.2) is 0 Å². The van der Waals surface area contributed by atoms with Gasteiger partial charge < -0.3 is 19.6 Å². The zero-order valence-electron chi connectivity index (χ0n) is 21.3. The molecule has 0 bridgehead atoms. The predicted octanol–water partition coefficient (Wildman–Crippen LogP) is 4.67. The number of carbonyl (C=O) groups excluding carboxylic acids is 2. The maximum Gasteiger partial charge on any atom is 0.295 e. The van der Waals surface area contributed by atoms with E-state index in [1.54, 1.807) is 30.2 Å². The fourth-order valence-corrected chi connectivity index (χ4v) is 4.36. The van der Waals surface area contributed by atoms with E-state index in [0.29, 0.717) is 17.9 Å². The van der Waals surface area contributed by atoms with Crippen LogP contribution in [0.3, 0.4) is 0 Å². The van der Waals surface area contributed by atoms with Gasteiger partial charge in [-0.3, -0.25) is 9.59 Å². The lowest BCUT2D eigenvalue weighted by Gasteiger charge is -2.27. The van der Waals surface area contributed by atoms with E-state index in [2.05, 4.69) is 20.8 Å². The molecule has 1 aliphatic heterocycles. The maximum atomic E-state index is 13.2. The van der Waals surface area contributed by atoms with Crippen LogP contribution in [0.4, 0.5) is 0 Å². The topological polar surface area (TPSA) is 70.1 Å². The number of nitrogens with zero attached hydrogens (tertiary/aromatic N) is 2. The molecule has 0 aromatic heterocycles. The van der Waals surface area contributed by atoms with E-state index in [0.717, 1.165) is 29.7 Å². The van der Waals surface area contributed by atoms with Gasteiger partial charge in [-0.2, -0.15) is 0 Å². The summed E-state index contributed by atoms with van der Waals surface area (Å²) in [5.74, 6) is -0.699. The minimum atomic E-state index is -0.652. The number of ketones is 1. The Labute approximate surface area is 202 Å². The second kappa shape index (κ2) is 10.0. The molecule has 34 heavy (non-hydrogen) atoms. The standard InChI is InChI=1S/C28H36N2O4/c1-18-17-20(11-14-22(18)34-7)25(31)23-24(19-9-12-21(13-10-19)28(2,3)4)30(27(33)26(23)32)16-8-15-29(5)6/h9-14,17,24,31H,8,15-16H2,1-7H3/b25-23-. The summed E-state index contributed by atoms with van der Waals surface area (Å²) in [4.78, 5) is 29.9. The molecular weight excluding hydrogens is 428 g/mol. The Bertz CT molecular complexity index is 1090. The Kier molecular flexibility index (Phi) is 7.51. The lowest BCUT2D eigenvalue weighted by Crippen LogP contribution is -2.32. The van der Waals surface area contributed by atoms with Crippen molar-refractivity contribution in [3.63, 3.8) is 0 Å². The van der Waals surface area contributed by atoms with Crippen molar-refractivity contribution >= 4 is 17.4 Å². The maximum absolute atomic E-state index is 13.2. The Morgan fingerprint density at radius 2 is 1.74 bits per heavy atom. The third-order valence-electron chi connectivity index (χ3n) is 6.31. The molecule has 6 nitrogen and oxygen atoms in total. The summed E-state index contributed by atoms with van der Waals surface area (Å²) >= 11 is 0. The first-order valence-corrected chi connectivity index (χ1v) is 11.6. The second-order valence-electron chi connectivity index (χ2n) is 10.2. The molecule has 1 fully saturated rings. The summed E-state index contributed by atoms with van der Waals surface area (Å²) in [6, 6.07) is 12.6. The first-order valence-electron chi connectivity index (χ1n) is 11.6. The van der Waals surface area contributed by atoms with Gasteiger partial charge >= 0.3 is 0 Å². The molecule has 2 aromatic carbocycles. The van der Waals surface area contributed by atoms with E-state index < -0.39 is 17.7 Å². The molecular formula is C28H36N2O4. The molecule has 1 aliphatic rings. The molecule has 6 heteroatoms. The van der Waals surface area contributed by atoms with Crippen molar-refractivity contribution in [1.82, 2.24) is 9.80 Å². The van der Waals surface area contributed by atoms with Gasteiger partial charge in [0.25, 0.3) is 11.7 Å². The minimum absolute atomic E-state index is 0.0212. The number of hydrogen-bond donors (Lipinski definition) is 1. The van der Waals surface area contributed by atoms with Gasteiger partial charge in [-0.1, -0.05) is 45.0 Å². The Balaban J connectivity index is 2.11. The van der Waals surface area contributed by atoms with Crippen LogP contribution in [0.15, 0.2) is 48.0 Å². The number of aryl methyl sites for hydroxylation is 1. The first kappa shape index (κ1) is 25.5. The highest BCUT2D eigenvalue weighted by Gasteiger charge is 2.45. The normalized spacial score (nSPS) is 18.1. The van der Waals surface area contributed by atoms with Crippen LogP contribution in [0.25, 0.3) is 5.76 Å². The predicted molar refractivity (Wildman–Crippen MR) is 135 cm³/mol. The lowest BCUT2D eigenvalue weighted by atomic mass is 9.85. The number of benzene rings is 2. The fraction of sp³-hybridized carbons (Fsp3) is 0.429. The third-order valence-corrected chi connectivity index (χ3v) is 6.31. The number of aliphatic hydroxyl groups is 1. The van der Waals surface area contributed by atoms with E-state index in [1.807, 2.05) is 50.2 Å². The van der Waals surface area contributed by atoms with Gasteiger partial charge in [0.2, 0.25) is 0 Å². The number of likely N-dealkylation sites (tertiary alicyclic amines) is 1. The zero-order valence-corrected chi connectivity index (χ0v) is 21.3. The smallest absolute Gasteiger partial charge is 0.295 e. The highest BCUT2D eigenvalue weighted by atomic mass is 16.5. The molecule has 1 heterocycles. The summed E-state index contributed by atoms with van der Waals surface area (Å²) in [5.41, 5.74) is 3.39. The fourth-order valence-electron chi connectivity index (χ4n) is 4.36. The number of Topliss-reactive ketones (excluding diaryl/α,β-unsaturated/α-hetero) is 1. The number of carbonyl (C=O) groups is 2. The molecule has 2 aromatic rings. The van der Waals surface area contributed by atoms with Gasteiger partial charge in [0, 0.05) is 12.1 Å². The van der Waals surface area contributed by atoms with Crippen molar-refractivity contribution in [2.75, 3.05) is 34.3 Å². The molecule has 0 radical (unpaired) electrons. The molecule has 1 unspecified atom stereocenters. The van der Waals surface area contributed by atoms with Gasteiger partial charge in [-0.05, 0) is 74.3 Å². The monoisotopic (exact) mass is 464 g/mol. The SMILES string of the molecule is COc1ccc(/C(O)=C2/C(=O)C(=O)N(CCCN(C)C)C2c2ccc(C(C)(C)C)cc2)cc1C. The number of aliphatic hydroxyl groups excluding tert-OH is 1. The molecule has 1 atom stereocenters. The Morgan fingerprint density at radius 3 is 2.26 bits per heavy atom. The van der Waals surface area contributed by atoms with Crippen molar-refractivity contribution in [3.05, 3.63) is 70.3 Å². The summed E-state index contributed by atoms with van der Waals surface area (Å²) in [6.07, 6.45) is 0.721.